The fourth-order valence-electron chi connectivity index (χ4n) is 2.19. The number of methoxy groups -OCH3 is 1. The fraction of sp³-hybridized carbons (Fsp3) is 0.462. The van der Waals surface area contributed by atoms with Crippen LogP contribution in [-0.4, -0.2) is 36.2 Å². The molecule has 1 aliphatic heterocycles. The lowest BCUT2D eigenvalue weighted by Gasteiger charge is -2.17. The first kappa shape index (κ1) is 14.8. The number of hydrogen-bond donors (Lipinski definition) is 1. The topological polar surface area (TPSA) is 49.8 Å². The zero-order valence-corrected chi connectivity index (χ0v) is 11.2. The van der Waals surface area contributed by atoms with Gasteiger partial charge in [-0.3, -0.25) is 4.90 Å². The van der Waals surface area contributed by atoms with E-state index in [1.807, 2.05) is 6.07 Å². The summed E-state index contributed by atoms with van der Waals surface area (Å²) in [7, 11) is 1.58. The molecule has 0 radical (unpaired) electrons. The van der Waals surface area contributed by atoms with Gasteiger partial charge in [0.15, 0.2) is 0 Å². The SMILES string of the molecule is COc1cc(C(=O)O)ccc1CN1CCCC1.Cl. The quantitative estimate of drug-likeness (QED) is 0.914. The number of nitrogens with zero attached hydrogens (tertiary/aromatic N) is 1. The number of halogens is 1. The van der Waals surface area contributed by atoms with E-state index in [2.05, 4.69) is 4.90 Å². The minimum Gasteiger partial charge on any atom is -0.496 e. The highest BCUT2D eigenvalue weighted by Crippen LogP contribution is 2.23. The van der Waals surface area contributed by atoms with E-state index in [1.54, 1.807) is 19.2 Å². The fourth-order valence-corrected chi connectivity index (χ4v) is 2.19. The van der Waals surface area contributed by atoms with Crippen molar-refractivity contribution >= 4 is 18.4 Å². The average molecular weight is 272 g/mol. The Balaban J connectivity index is 0.00000162. The third-order valence-corrected chi connectivity index (χ3v) is 3.13. The van der Waals surface area contributed by atoms with Gasteiger partial charge in [0.2, 0.25) is 0 Å². The summed E-state index contributed by atoms with van der Waals surface area (Å²) in [5.74, 6) is -0.257. The Morgan fingerprint density at radius 2 is 2.06 bits per heavy atom. The highest BCUT2D eigenvalue weighted by Gasteiger charge is 2.15. The van der Waals surface area contributed by atoms with Crippen LogP contribution in [0.15, 0.2) is 18.2 Å². The number of carbonyl (C=O) groups is 1. The average Bonchev–Trinajstić information content (AvgIpc) is 2.82. The molecule has 1 heterocycles. The molecule has 1 aromatic rings. The maximum atomic E-state index is 10.9. The van der Waals surface area contributed by atoms with Gasteiger partial charge >= 0.3 is 5.97 Å². The van der Waals surface area contributed by atoms with Crippen molar-refractivity contribution in [2.45, 2.75) is 19.4 Å². The number of rotatable bonds is 4. The van der Waals surface area contributed by atoms with Crippen LogP contribution in [-0.2, 0) is 6.54 Å². The van der Waals surface area contributed by atoms with Crippen molar-refractivity contribution in [1.82, 2.24) is 4.90 Å². The molecule has 0 amide bonds. The second kappa shape index (κ2) is 6.61. The third kappa shape index (κ3) is 3.37. The van der Waals surface area contributed by atoms with Gasteiger partial charge in [-0.15, -0.1) is 12.4 Å². The lowest BCUT2D eigenvalue weighted by molar-refractivity contribution is 0.0696. The molecule has 0 bridgehead atoms. The maximum absolute atomic E-state index is 10.9. The first-order chi connectivity index (χ1) is 8.20. The number of carboxylic acids is 1. The molecule has 0 aromatic heterocycles. The third-order valence-electron chi connectivity index (χ3n) is 3.13. The van der Waals surface area contributed by atoms with Crippen LogP contribution in [0.25, 0.3) is 0 Å². The smallest absolute Gasteiger partial charge is 0.335 e. The van der Waals surface area contributed by atoms with Crippen LogP contribution in [0.1, 0.15) is 28.8 Å². The number of likely N-dealkylation sites (tertiary alicyclic amines) is 1. The van der Waals surface area contributed by atoms with E-state index in [4.69, 9.17) is 9.84 Å². The standard InChI is InChI=1S/C13H17NO3.ClH/c1-17-12-8-10(13(15)16)4-5-11(12)9-14-6-2-3-7-14;/h4-5,8H,2-3,6-7,9H2,1H3,(H,15,16);1H. The molecule has 0 atom stereocenters. The Morgan fingerprint density at radius 3 is 2.61 bits per heavy atom. The first-order valence-corrected chi connectivity index (χ1v) is 5.83. The van der Waals surface area contributed by atoms with Crippen LogP contribution in [0.2, 0.25) is 0 Å². The highest BCUT2D eigenvalue weighted by molar-refractivity contribution is 5.88. The number of benzene rings is 1. The summed E-state index contributed by atoms with van der Waals surface area (Å²) in [6, 6.07) is 5.07. The molecule has 18 heavy (non-hydrogen) atoms. The summed E-state index contributed by atoms with van der Waals surface area (Å²) in [5.41, 5.74) is 1.33. The molecule has 0 spiro atoms. The lowest BCUT2D eigenvalue weighted by atomic mass is 10.1. The maximum Gasteiger partial charge on any atom is 0.335 e. The predicted octanol–water partition coefficient (Wildman–Crippen LogP) is 2.41. The molecule has 5 heteroatoms. The number of ether oxygens (including phenoxy) is 1. The Bertz CT molecular complexity index is 417. The van der Waals surface area contributed by atoms with Gasteiger partial charge in [-0.05, 0) is 38.1 Å². The molecular weight excluding hydrogens is 254 g/mol. The Morgan fingerprint density at radius 1 is 1.39 bits per heavy atom. The Hall–Kier alpha value is -1.26. The van der Waals surface area contributed by atoms with E-state index >= 15 is 0 Å². The van der Waals surface area contributed by atoms with E-state index < -0.39 is 5.97 Å². The lowest BCUT2D eigenvalue weighted by Crippen LogP contribution is -2.18. The van der Waals surface area contributed by atoms with Crippen LogP contribution in [0, 0.1) is 0 Å². The molecule has 1 aromatic carbocycles. The van der Waals surface area contributed by atoms with Gasteiger partial charge in [-0.1, -0.05) is 6.07 Å². The summed E-state index contributed by atoms with van der Waals surface area (Å²) in [5, 5.41) is 8.91. The van der Waals surface area contributed by atoms with Gasteiger partial charge in [0.1, 0.15) is 5.75 Å². The van der Waals surface area contributed by atoms with Crippen molar-refractivity contribution in [1.29, 1.82) is 0 Å². The van der Waals surface area contributed by atoms with Gasteiger partial charge in [0.25, 0.3) is 0 Å². The minimum atomic E-state index is -0.920. The molecule has 1 N–H and O–H groups in total. The molecule has 0 aliphatic carbocycles. The van der Waals surface area contributed by atoms with E-state index in [9.17, 15) is 4.79 Å². The minimum absolute atomic E-state index is 0. The largest absolute Gasteiger partial charge is 0.496 e. The molecule has 1 saturated heterocycles. The number of hydrogen-bond acceptors (Lipinski definition) is 3. The van der Waals surface area contributed by atoms with Gasteiger partial charge in [-0.25, -0.2) is 4.79 Å². The van der Waals surface area contributed by atoms with E-state index in [0.29, 0.717) is 5.75 Å². The van der Waals surface area contributed by atoms with Gasteiger partial charge < -0.3 is 9.84 Å². The summed E-state index contributed by atoms with van der Waals surface area (Å²) >= 11 is 0. The normalized spacial score (nSPS) is 15.2. The van der Waals surface area contributed by atoms with E-state index in [0.717, 1.165) is 25.2 Å². The van der Waals surface area contributed by atoms with Gasteiger partial charge in [0, 0.05) is 12.1 Å². The Labute approximate surface area is 113 Å². The molecular formula is C13H18ClNO3. The van der Waals surface area contributed by atoms with Crippen molar-refractivity contribution in [3.63, 3.8) is 0 Å². The van der Waals surface area contributed by atoms with Crippen molar-refractivity contribution in [3.8, 4) is 5.75 Å². The summed E-state index contributed by atoms with van der Waals surface area (Å²) < 4.78 is 5.26. The second-order valence-electron chi connectivity index (χ2n) is 4.32. The number of carboxylic acid groups (broad SMARTS) is 1. The summed E-state index contributed by atoms with van der Waals surface area (Å²) in [4.78, 5) is 13.2. The molecule has 2 rings (SSSR count). The van der Waals surface area contributed by atoms with Gasteiger partial charge in [-0.2, -0.15) is 0 Å². The van der Waals surface area contributed by atoms with Crippen molar-refractivity contribution < 1.29 is 14.6 Å². The summed E-state index contributed by atoms with van der Waals surface area (Å²) in [6.45, 7) is 3.07. The van der Waals surface area contributed by atoms with Crippen molar-refractivity contribution in [2.24, 2.45) is 0 Å². The van der Waals surface area contributed by atoms with Crippen molar-refractivity contribution in [3.05, 3.63) is 29.3 Å². The second-order valence-corrected chi connectivity index (χ2v) is 4.32. The monoisotopic (exact) mass is 271 g/mol. The van der Waals surface area contributed by atoms with Crippen LogP contribution >= 0.6 is 12.4 Å². The van der Waals surface area contributed by atoms with E-state index in [1.165, 1.54) is 12.8 Å². The van der Waals surface area contributed by atoms with Crippen LogP contribution < -0.4 is 4.74 Å². The molecule has 100 valence electrons. The van der Waals surface area contributed by atoms with Crippen LogP contribution in [0.5, 0.6) is 5.75 Å². The highest BCUT2D eigenvalue weighted by atomic mass is 35.5. The first-order valence-electron chi connectivity index (χ1n) is 5.83. The molecule has 0 saturated carbocycles. The predicted molar refractivity (Wildman–Crippen MR) is 71.7 cm³/mol. The Kier molecular flexibility index (Phi) is 5.44. The van der Waals surface area contributed by atoms with Crippen molar-refractivity contribution in [2.75, 3.05) is 20.2 Å². The summed E-state index contributed by atoms with van der Waals surface area (Å²) in [6.07, 6.45) is 2.49. The zero-order valence-electron chi connectivity index (χ0n) is 10.4. The van der Waals surface area contributed by atoms with Crippen LogP contribution in [0.4, 0.5) is 0 Å². The zero-order chi connectivity index (χ0) is 12.3. The van der Waals surface area contributed by atoms with Crippen LogP contribution in [0.3, 0.4) is 0 Å². The van der Waals surface area contributed by atoms with E-state index in [-0.39, 0.29) is 18.0 Å². The molecule has 1 fully saturated rings. The number of aromatic carboxylic acids is 1. The molecule has 1 aliphatic rings. The van der Waals surface area contributed by atoms with Gasteiger partial charge in [0.05, 0.1) is 12.7 Å². The molecule has 4 nitrogen and oxygen atoms in total. The molecule has 0 unspecified atom stereocenters.